The predicted octanol–water partition coefficient (Wildman–Crippen LogP) is -0.539. The number of aromatic nitrogens is 7. The first-order chi connectivity index (χ1) is 21.4. The molecule has 2 aliphatic rings. The molecular weight excluding hydrogens is 757 g/mol. The van der Waals surface area contributed by atoms with Crippen molar-refractivity contribution < 1.29 is 52.5 Å². The molecule has 20 nitrogen and oxygen atoms in total. The number of hydrogen-bond donors (Lipinski definition) is 7. The van der Waals surface area contributed by atoms with E-state index in [2.05, 4.69) is 24.9 Å². The van der Waals surface area contributed by atoms with Gasteiger partial charge in [0, 0.05) is 26.9 Å². The van der Waals surface area contributed by atoms with Crippen LogP contribution in [-0.2, 0) is 27.4 Å². The Hall–Kier alpha value is -2.53. The van der Waals surface area contributed by atoms with Crippen molar-refractivity contribution in [2.75, 3.05) is 18.9 Å². The van der Waals surface area contributed by atoms with Crippen LogP contribution in [0.15, 0.2) is 30.0 Å². The fourth-order valence-corrected chi connectivity index (χ4v) is 7.95. The number of nitrogens with one attached hydrogen (secondary N) is 1. The molecule has 1 saturated carbocycles. The molecular formula is C22H26IN8O12P2+. The molecule has 4 aromatic rings. The third-order valence-corrected chi connectivity index (χ3v) is 9.97. The number of aliphatic hydroxyl groups is 3. The number of nitrogen functional groups attached to an aromatic ring is 1. The second-order valence-electron chi connectivity index (χ2n) is 10.3. The third-order valence-electron chi connectivity index (χ3n) is 7.74. The van der Waals surface area contributed by atoms with Crippen molar-refractivity contribution in [3.63, 3.8) is 0 Å². The number of hydrogen-bond acceptors (Lipinski definition) is 15. The summed E-state index contributed by atoms with van der Waals surface area (Å²) in [6.07, 6.45) is -3.35. The molecule has 10 atom stereocenters. The number of aromatic amines is 1. The molecule has 0 radical (unpaired) electrons. The van der Waals surface area contributed by atoms with Gasteiger partial charge in [0.2, 0.25) is 0 Å². The topological polar surface area (TPSA) is 293 Å². The average molecular weight is 783 g/mol. The molecule has 4 aromatic heterocycles. The van der Waals surface area contributed by atoms with E-state index in [1.54, 1.807) is 6.20 Å². The highest BCUT2D eigenvalue weighted by Gasteiger charge is 2.52. The van der Waals surface area contributed by atoms with Gasteiger partial charge in [-0.05, 0) is 29.0 Å². The molecule has 0 bridgehead atoms. The van der Waals surface area contributed by atoms with Gasteiger partial charge < -0.3 is 44.8 Å². The number of rotatable bonds is 10. The minimum Gasteiger partial charge on any atom is -0.396 e. The lowest BCUT2D eigenvalue weighted by atomic mass is 10.1. The zero-order valence-corrected chi connectivity index (χ0v) is 26.6. The summed E-state index contributed by atoms with van der Waals surface area (Å²) in [5.74, 6) is -0.605. The fourth-order valence-electron chi connectivity index (χ4n) is 5.70. The van der Waals surface area contributed by atoms with Crippen molar-refractivity contribution in [2.45, 2.75) is 49.2 Å². The molecule has 10 unspecified atom stereocenters. The first-order valence-electron chi connectivity index (χ1n) is 13.2. The number of nitrogens with zero attached hydrogens (tertiary/aromatic N) is 6. The molecule has 45 heavy (non-hydrogen) atoms. The third kappa shape index (κ3) is 6.03. The molecule has 2 fully saturated rings. The Morgan fingerprint density at radius 1 is 1.18 bits per heavy atom. The normalized spacial score (nSPS) is 30.3. The summed E-state index contributed by atoms with van der Waals surface area (Å²) in [6, 6.07) is -0.900. The lowest BCUT2D eigenvalue weighted by Gasteiger charge is -2.26. The Kier molecular flexibility index (Phi) is 9.06. The second-order valence-corrected chi connectivity index (χ2v) is 13.6. The second kappa shape index (κ2) is 12.6. The number of fused-ring (bicyclic) bond motifs is 2. The van der Waals surface area contributed by atoms with Crippen LogP contribution >= 0.6 is 38.7 Å². The Morgan fingerprint density at radius 3 is 2.69 bits per heavy atom. The number of ether oxygens (including phenoxy) is 1. The van der Waals surface area contributed by atoms with Gasteiger partial charge >= 0.3 is 16.1 Å². The van der Waals surface area contributed by atoms with Crippen LogP contribution in [0.4, 0.5) is 5.82 Å². The van der Waals surface area contributed by atoms with Gasteiger partial charge in [-0.25, -0.2) is 24.5 Å². The van der Waals surface area contributed by atoms with Crippen LogP contribution in [0.5, 0.6) is 0 Å². The zero-order valence-electron chi connectivity index (χ0n) is 22.7. The van der Waals surface area contributed by atoms with E-state index in [9.17, 15) is 39.0 Å². The van der Waals surface area contributed by atoms with Crippen LogP contribution in [0.2, 0.25) is 0 Å². The Balaban J connectivity index is 1.23. The molecule has 242 valence electrons. The summed E-state index contributed by atoms with van der Waals surface area (Å²) in [6.45, 7) is -1.25. The van der Waals surface area contributed by atoms with Gasteiger partial charge in [0.05, 0.1) is 36.8 Å². The standard InChI is InChI=1S/C22H25IN8O12P2/c23-9-2-30(19-12(9)18(24)25-5-26-19)22-15(34)17(42-44(36)37)11(41-22)4-40-45(38,39)43-16-10(1-8(3-32)14(16)33)31-7-29-13-20(31)27-6-28-21(13)35/h2,5-8,10-11,14-17,22,32-34H,1,3-4H2,(H4-,24,25,26,27,28,35,36,37,38,39)/p+1. The molecule has 1 aliphatic heterocycles. The highest BCUT2D eigenvalue weighted by atomic mass is 127. The Bertz CT molecular complexity index is 1860. The van der Waals surface area contributed by atoms with Gasteiger partial charge in [-0.2, -0.15) is 0 Å². The van der Waals surface area contributed by atoms with Crippen molar-refractivity contribution >= 4 is 66.7 Å². The number of nitrogens with two attached hydrogens (primary N) is 1. The van der Waals surface area contributed by atoms with Gasteiger partial charge in [-0.3, -0.25) is 13.8 Å². The van der Waals surface area contributed by atoms with E-state index in [4.69, 9.17) is 24.0 Å². The minimum absolute atomic E-state index is 0.0133. The Labute approximate surface area is 265 Å². The predicted molar refractivity (Wildman–Crippen MR) is 158 cm³/mol. The van der Waals surface area contributed by atoms with Crippen molar-refractivity contribution in [1.29, 1.82) is 0 Å². The first-order valence-corrected chi connectivity index (χ1v) is 16.9. The number of halogens is 1. The van der Waals surface area contributed by atoms with Crippen LogP contribution in [0, 0.1) is 9.49 Å². The lowest BCUT2D eigenvalue weighted by Crippen LogP contribution is -2.35. The van der Waals surface area contributed by atoms with E-state index in [-0.39, 0.29) is 29.0 Å². The number of phosphoric acid groups is 1. The fraction of sp³-hybridized carbons (Fsp3) is 0.500. The van der Waals surface area contributed by atoms with Crippen LogP contribution < -0.4 is 11.3 Å². The Morgan fingerprint density at radius 2 is 1.96 bits per heavy atom. The van der Waals surface area contributed by atoms with Crippen molar-refractivity contribution in [3.8, 4) is 0 Å². The minimum atomic E-state index is -5.05. The average Bonchev–Trinajstić information content (AvgIpc) is 3.72. The monoisotopic (exact) mass is 783 g/mol. The number of H-pyrrole nitrogens is 1. The van der Waals surface area contributed by atoms with E-state index in [0.717, 1.165) is 6.33 Å². The van der Waals surface area contributed by atoms with Gasteiger partial charge in [-0.15, -0.1) is 9.42 Å². The van der Waals surface area contributed by atoms with Gasteiger partial charge in [-0.1, -0.05) is 0 Å². The van der Waals surface area contributed by atoms with Crippen LogP contribution in [0.3, 0.4) is 0 Å². The van der Waals surface area contributed by atoms with Crippen LogP contribution in [-0.4, -0.2) is 103 Å². The largest absolute Gasteiger partial charge is 0.695 e. The summed E-state index contributed by atoms with van der Waals surface area (Å²) < 4.78 is 49.7. The van der Waals surface area contributed by atoms with E-state index >= 15 is 0 Å². The van der Waals surface area contributed by atoms with E-state index < -0.39 is 83.6 Å². The molecule has 1 saturated heterocycles. The van der Waals surface area contributed by atoms with E-state index in [0.29, 0.717) is 8.96 Å². The van der Waals surface area contributed by atoms with Gasteiger partial charge in [0.15, 0.2) is 23.5 Å². The molecule has 5 heterocycles. The summed E-state index contributed by atoms with van der Waals surface area (Å²) in [4.78, 5) is 51.0. The molecule has 8 N–H and O–H groups in total. The van der Waals surface area contributed by atoms with Crippen molar-refractivity contribution in [1.82, 2.24) is 34.1 Å². The highest BCUT2D eigenvalue weighted by molar-refractivity contribution is 14.1. The van der Waals surface area contributed by atoms with Crippen LogP contribution in [0.25, 0.3) is 22.2 Å². The van der Waals surface area contributed by atoms with Gasteiger partial charge in [0.1, 0.15) is 36.1 Å². The summed E-state index contributed by atoms with van der Waals surface area (Å²) in [7, 11) is -8.31. The summed E-state index contributed by atoms with van der Waals surface area (Å²) in [5.41, 5.74) is 5.83. The number of anilines is 1. The number of phosphoric ester groups is 1. The molecule has 23 heteroatoms. The number of aliphatic hydroxyl groups excluding tert-OH is 3. The maximum Gasteiger partial charge on any atom is 0.695 e. The quantitative estimate of drug-likeness (QED) is 0.0785. The molecule has 0 spiro atoms. The maximum absolute atomic E-state index is 13.2. The van der Waals surface area contributed by atoms with E-state index in [1.807, 2.05) is 22.6 Å². The summed E-state index contributed by atoms with van der Waals surface area (Å²) in [5, 5.41) is 32.2. The maximum atomic E-state index is 13.2. The summed E-state index contributed by atoms with van der Waals surface area (Å²) >= 11 is 1.99. The van der Waals surface area contributed by atoms with Crippen molar-refractivity contribution in [3.05, 3.63) is 39.1 Å². The zero-order chi connectivity index (χ0) is 32.2. The first kappa shape index (κ1) is 32.4. The number of imidazole rings is 1. The van der Waals surface area contributed by atoms with Gasteiger partial charge in [0.25, 0.3) is 5.56 Å². The molecule has 1 aliphatic carbocycles. The smallest absolute Gasteiger partial charge is 0.396 e. The van der Waals surface area contributed by atoms with Crippen molar-refractivity contribution in [2.24, 2.45) is 5.92 Å². The lowest BCUT2D eigenvalue weighted by molar-refractivity contribution is -0.0559. The molecule has 0 amide bonds. The molecule has 0 aromatic carbocycles. The SMILES string of the molecule is Nc1ncnc2c1c(I)cn2C1OC(COP(=O)(O)OC2C(O)C(CO)CC2n2cnc3c(=O)[nH]cnc32)C(O[P+](=O)O)C1O. The van der Waals surface area contributed by atoms with E-state index in [1.165, 1.54) is 21.8 Å². The molecule has 6 rings (SSSR count). The van der Waals surface area contributed by atoms with Crippen LogP contribution in [0.1, 0.15) is 18.7 Å². The highest BCUT2D eigenvalue weighted by Crippen LogP contribution is 2.51.